The summed E-state index contributed by atoms with van der Waals surface area (Å²) in [4.78, 5) is 16.1. The maximum atomic E-state index is 14.5. The van der Waals surface area contributed by atoms with Crippen molar-refractivity contribution in [2.75, 3.05) is 25.6 Å². The summed E-state index contributed by atoms with van der Waals surface area (Å²) in [5.74, 6) is -0.415. The molecule has 0 saturated carbocycles. The minimum atomic E-state index is -3.20. The van der Waals surface area contributed by atoms with E-state index in [1.807, 2.05) is 0 Å². The normalized spacial score (nSPS) is 25.0. The molecule has 1 aromatic carbocycles. The van der Waals surface area contributed by atoms with Crippen molar-refractivity contribution in [3.8, 4) is 0 Å². The van der Waals surface area contributed by atoms with Crippen LogP contribution in [-0.2, 0) is 20.6 Å². The Morgan fingerprint density at radius 3 is 2.67 bits per heavy atom. The molecule has 10 heteroatoms. The summed E-state index contributed by atoms with van der Waals surface area (Å²) >= 11 is 0. The number of amides is 1. The third-order valence-electron chi connectivity index (χ3n) is 4.23. The summed E-state index contributed by atoms with van der Waals surface area (Å²) in [5, 5.41) is 3.04. The summed E-state index contributed by atoms with van der Waals surface area (Å²) in [6.07, 6.45) is -0.836. The first-order valence-corrected chi connectivity index (χ1v) is 10.3. The summed E-state index contributed by atoms with van der Waals surface area (Å²) < 4.78 is 37.3. The van der Waals surface area contributed by atoms with Crippen LogP contribution < -0.4 is 15.8 Å². The summed E-state index contributed by atoms with van der Waals surface area (Å²) in [6.45, 7) is 6.84. The van der Waals surface area contributed by atoms with Crippen molar-refractivity contribution >= 4 is 28.0 Å². The molecule has 152 valence electrons. The molecule has 1 heterocycles. The zero-order chi connectivity index (χ0) is 20.6. The van der Waals surface area contributed by atoms with Gasteiger partial charge in [0.2, 0.25) is 5.96 Å². The van der Waals surface area contributed by atoms with E-state index in [-0.39, 0.29) is 17.3 Å². The number of guanidine groups is 1. The van der Waals surface area contributed by atoms with Crippen molar-refractivity contribution in [2.45, 2.75) is 38.8 Å². The van der Waals surface area contributed by atoms with Crippen LogP contribution in [0.15, 0.2) is 23.2 Å². The first kappa shape index (κ1) is 21.1. The molecule has 1 aliphatic rings. The van der Waals surface area contributed by atoms with Crippen LogP contribution in [0.4, 0.5) is 14.9 Å². The van der Waals surface area contributed by atoms with E-state index in [0.29, 0.717) is 5.69 Å². The van der Waals surface area contributed by atoms with Crippen molar-refractivity contribution in [2.24, 2.45) is 4.99 Å². The van der Waals surface area contributed by atoms with Crippen LogP contribution in [-0.4, -0.2) is 46.0 Å². The van der Waals surface area contributed by atoms with Crippen molar-refractivity contribution in [1.29, 1.82) is 0 Å². The van der Waals surface area contributed by atoms with Crippen molar-refractivity contribution in [1.82, 2.24) is 14.3 Å². The van der Waals surface area contributed by atoms with Crippen molar-refractivity contribution < 1.29 is 18.1 Å². The average Bonchev–Trinajstić information content (AvgIpc) is 2.52. The topological polar surface area (TPSA) is 109 Å². The maximum Gasteiger partial charge on any atom is 0.437 e. The van der Waals surface area contributed by atoms with Crippen LogP contribution in [0.2, 0.25) is 0 Å². The van der Waals surface area contributed by atoms with E-state index in [1.165, 1.54) is 22.5 Å². The summed E-state index contributed by atoms with van der Waals surface area (Å²) in [5.41, 5.74) is 4.59. The number of carbonyl (C=O) groups is 1. The Labute approximate surface area is 160 Å². The molecule has 0 radical (unpaired) electrons. The zero-order valence-electron chi connectivity index (χ0n) is 16.5. The molecular formula is C17H28FN5O3S. The van der Waals surface area contributed by atoms with Crippen LogP contribution in [0.25, 0.3) is 0 Å². The first-order chi connectivity index (χ1) is 12.3. The van der Waals surface area contributed by atoms with Gasteiger partial charge in [-0.05, 0) is 52.9 Å². The molecule has 1 saturated heterocycles. The summed E-state index contributed by atoms with van der Waals surface area (Å²) in [6, 6.07) is 4.19. The smallest absolute Gasteiger partial charge is 0.437 e. The number of carbonyl (C=O) groups excluding carboxylic acids is 1. The molecule has 0 spiro atoms. The lowest BCUT2D eigenvalue weighted by atomic mass is 9.93. The second kappa shape index (κ2) is 7.08. The molecule has 1 amide bonds. The largest absolute Gasteiger partial charge is 0.442 e. The van der Waals surface area contributed by atoms with E-state index in [0.717, 1.165) is 0 Å². The van der Waals surface area contributed by atoms with Gasteiger partial charge in [0.1, 0.15) is 11.4 Å². The number of anilines is 1. The van der Waals surface area contributed by atoms with Crippen LogP contribution in [0.5, 0.6) is 0 Å². The number of nitrogens with two attached hydrogens (primary N) is 1. The number of nitrogens with one attached hydrogen (secondary N) is 2. The Kier molecular flexibility index (Phi) is 5.53. The van der Waals surface area contributed by atoms with Gasteiger partial charge in [0.15, 0.2) is 0 Å². The molecule has 4 N–H and O–H groups in total. The van der Waals surface area contributed by atoms with Gasteiger partial charge >= 0.3 is 6.09 Å². The molecule has 8 nitrogen and oxygen atoms in total. The standard InChI is InChI=1S/C17H28FN5O3S/c1-16(2,3)26-15(24)21-14-22-17(4,10-27(25,20-5)23(14)6)12-9-11(19)7-8-13(12)18/h7-9,27H,10,19H2,1-6H3,(H,20,25)(H,21,22,24)/t17-/m0/s1. The monoisotopic (exact) mass is 401 g/mol. The highest BCUT2D eigenvalue weighted by molar-refractivity contribution is 7.99. The highest BCUT2D eigenvalue weighted by Crippen LogP contribution is 2.32. The summed E-state index contributed by atoms with van der Waals surface area (Å²) in [7, 11) is -0.106. The SMILES string of the molecule is CN[SH]1(=O)C[C@@](C)(c2cc(N)ccc2F)N/C(=N\C(=O)OC(C)(C)C)N1C. The Morgan fingerprint density at radius 1 is 1.48 bits per heavy atom. The number of ether oxygens (including phenoxy) is 1. The van der Waals surface area contributed by atoms with Gasteiger partial charge in [-0.1, -0.05) is 0 Å². The molecule has 0 bridgehead atoms. The highest BCUT2D eigenvalue weighted by atomic mass is 32.3. The molecule has 1 fully saturated rings. The zero-order valence-corrected chi connectivity index (χ0v) is 17.4. The Hall–Kier alpha value is -2.20. The van der Waals surface area contributed by atoms with E-state index < -0.39 is 33.4 Å². The number of thiol groups is 1. The molecule has 0 aliphatic carbocycles. The van der Waals surface area contributed by atoms with Crippen LogP contribution in [0.3, 0.4) is 0 Å². The van der Waals surface area contributed by atoms with E-state index in [2.05, 4.69) is 15.0 Å². The first-order valence-electron chi connectivity index (χ1n) is 8.47. The minimum Gasteiger partial charge on any atom is -0.442 e. The van der Waals surface area contributed by atoms with E-state index >= 15 is 0 Å². The van der Waals surface area contributed by atoms with E-state index in [1.54, 1.807) is 41.8 Å². The molecule has 1 aliphatic heterocycles. The number of hydrogen-bond donors (Lipinski definition) is 4. The lowest BCUT2D eigenvalue weighted by Gasteiger charge is -2.48. The molecular weight excluding hydrogens is 373 g/mol. The molecule has 0 unspecified atom stereocenters. The number of benzene rings is 1. The van der Waals surface area contributed by atoms with E-state index in [4.69, 9.17) is 10.5 Å². The molecule has 1 atom stereocenters. The lowest BCUT2D eigenvalue weighted by molar-refractivity contribution is 0.0602. The van der Waals surface area contributed by atoms with Gasteiger partial charge in [-0.3, -0.25) is 8.51 Å². The molecule has 2 rings (SSSR count). The van der Waals surface area contributed by atoms with Crippen LogP contribution in [0.1, 0.15) is 33.3 Å². The van der Waals surface area contributed by atoms with Gasteiger partial charge in [0.05, 0.1) is 11.3 Å². The van der Waals surface area contributed by atoms with Gasteiger partial charge in [0, 0.05) is 28.6 Å². The van der Waals surface area contributed by atoms with Crippen LogP contribution in [0, 0.1) is 5.82 Å². The number of hydrogen-bond acceptors (Lipinski definition) is 4. The van der Waals surface area contributed by atoms with Gasteiger partial charge in [0.25, 0.3) is 0 Å². The van der Waals surface area contributed by atoms with E-state index in [9.17, 15) is 13.4 Å². The second-order valence-corrected chi connectivity index (χ2v) is 10.5. The Balaban J connectivity index is 2.51. The second-order valence-electron chi connectivity index (χ2n) is 7.72. The van der Waals surface area contributed by atoms with Gasteiger partial charge in [-0.15, -0.1) is 4.99 Å². The van der Waals surface area contributed by atoms with Gasteiger partial charge in [-0.2, -0.15) is 0 Å². The fraction of sp³-hybridized carbons (Fsp3) is 0.529. The maximum absolute atomic E-state index is 14.5. The molecule has 1 aromatic rings. The lowest BCUT2D eigenvalue weighted by Crippen LogP contribution is -2.67. The number of aliphatic imine (C=N–C) groups is 1. The predicted octanol–water partition coefficient (Wildman–Crippen LogP) is 1.52. The van der Waals surface area contributed by atoms with Crippen molar-refractivity contribution in [3.63, 3.8) is 0 Å². The third kappa shape index (κ3) is 4.56. The Bertz CT molecular complexity index is 823. The molecule has 0 aromatic heterocycles. The quantitative estimate of drug-likeness (QED) is 0.444. The van der Waals surface area contributed by atoms with Gasteiger partial charge in [-0.25, -0.2) is 13.9 Å². The minimum absolute atomic E-state index is 0.0255. The predicted molar refractivity (Wildman–Crippen MR) is 106 cm³/mol. The Morgan fingerprint density at radius 2 is 2.11 bits per heavy atom. The molecule has 27 heavy (non-hydrogen) atoms. The number of halogens is 1. The number of rotatable bonds is 2. The third-order valence-corrected chi connectivity index (χ3v) is 7.15. The van der Waals surface area contributed by atoms with Crippen LogP contribution >= 0.6 is 0 Å². The fourth-order valence-corrected chi connectivity index (χ4v) is 5.05. The van der Waals surface area contributed by atoms with Gasteiger partial charge < -0.3 is 15.8 Å². The van der Waals surface area contributed by atoms with Crippen molar-refractivity contribution in [3.05, 3.63) is 29.6 Å². The average molecular weight is 402 g/mol. The fourth-order valence-electron chi connectivity index (χ4n) is 2.87. The number of nitrogen functional groups attached to an aromatic ring is 1. The highest BCUT2D eigenvalue weighted by Gasteiger charge is 2.43. The number of nitrogens with zero attached hydrogens (tertiary/aromatic N) is 2.